The number of hydrogen-bond donors (Lipinski definition) is 0. The van der Waals surface area contributed by atoms with Crippen molar-refractivity contribution >= 4 is 11.6 Å². The number of carbonyl (C=O) groups excluding carboxylic acids is 2. The SMILES string of the molecule is O=C1C=CC2(F)CCCCC2=C1C1=C2CCCCC2(F)C=CC1=O. The second kappa shape index (κ2) is 5.33. The van der Waals surface area contributed by atoms with Gasteiger partial charge in [-0.2, -0.15) is 0 Å². The van der Waals surface area contributed by atoms with E-state index < -0.39 is 11.3 Å². The number of allylic oxidation sites excluding steroid dienone is 8. The van der Waals surface area contributed by atoms with E-state index in [9.17, 15) is 9.59 Å². The first kappa shape index (κ1) is 15.7. The average Bonchev–Trinajstić information content (AvgIpc) is 2.57. The molecule has 0 aromatic rings. The topological polar surface area (TPSA) is 34.1 Å². The van der Waals surface area contributed by atoms with Gasteiger partial charge >= 0.3 is 0 Å². The van der Waals surface area contributed by atoms with Gasteiger partial charge in [-0.05, 0) is 86.8 Å². The molecule has 0 amide bonds. The molecule has 24 heavy (non-hydrogen) atoms. The van der Waals surface area contributed by atoms with Crippen LogP contribution in [0.3, 0.4) is 0 Å². The van der Waals surface area contributed by atoms with E-state index in [1.165, 1.54) is 24.3 Å². The molecule has 4 aliphatic carbocycles. The highest BCUT2D eigenvalue weighted by atomic mass is 19.1. The molecule has 126 valence electrons. The second-order valence-corrected chi connectivity index (χ2v) is 7.24. The predicted octanol–water partition coefficient (Wildman–Crippen LogP) is 4.42. The van der Waals surface area contributed by atoms with Gasteiger partial charge in [0.15, 0.2) is 22.9 Å². The molecule has 0 saturated heterocycles. The van der Waals surface area contributed by atoms with Crippen LogP contribution >= 0.6 is 0 Å². The number of fused-ring (bicyclic) bond motifs is 2. The van der Waals surface area contributed by atoms with Crippen LogP contribution < -0.4 is 0 Å². The highest BCUT2D eigenvalue weighted by Crippen LogP contribution is 2.48. The van der Waals surface area contributed by atoms with Crippen molar-refractivity contribution < 1.29 is 18.4 Å². The second-order valence-electron chi connectivity index (χ2n) is 7.24. The Balaban J connectivity index is 1.95. The van der Waals surface area contributed by atoms with Crippen LogP contribution in [0.4, 0.5) is 8.78 Å². The molecule has 0 aliphatic heterocycles. The maximum absolute atomic E-state index is 15.3. The minimum atomic E-state index is -1.66. The van der Waals surface area contributed by atoms with Crippen molar-refractivity contribution in [3.8, 4) is 0 Å². The zero-order chi connectivity index (χ0) is 16.9. The Bertz CT molecular complexity index is 692. The molecule has 0 bridgehead atoms. The molecule has 2 unspecified atom stereocenters. The molecular formula is C20H20F2O2. The number of halogens is 2. The summed E-state index contributed by atoms with van der Waals surface area (Å²) in [5, 5.41) is 0. The fourth-order valence-electron chi connectivity index (χ4n) is 4.55. The lowest BCUT2D eigenvalue weighted by molar-refractivity contribution is -0.114. The van der Waals surface area contributed by atoms with Gasteiger partial charge in [0.1, 0.15) is 0 Å². The van der Waals surface area contributed by atoms with Crippen molar-refractivity contribution in [1.29, 1.82) is 0 Å². The molecule has 0 radical (unpaired) electrons. The van der Waals surface area contributed by atoms with Crippen LogP contribution in [0.5, 0.6) is 0 Å². The van der Waals surface area contributed by atoms with Crippen LogP contribution in [-0.4, -0.2) is 22.9 Å². The van der Waals surface area contributed by atoms with E-state index in [0.717, 1.165) is 25.7 Å². The summed E-state index contributed by atoms with van der Waals surface area (Å²) in [7, 11) is 0. The fraction of sp³-hybridized carbons (Fsp3) is 0.500. The van der Waals surface area contributed by atoms with Gasteiger partial charge in [-0.1, -0.05) is 0 Å². The van der Waals surface area contributed by atoms with Crippen LogP contribution in [0.25, 0.3) is 0 Å². The largest absolute Gasteiger partial charge is 0.289 e. The van der Waals surface area contributed by atoms with Crippen molar-refractivity contribution in [3.63, 3.8) is 0 Å². The van der Waals surface area contributed by atoms with E-state index >= 15 is 8.78 Å². The molecule has 4 aliphatic rings. The summed E-state index contributed by atoms with van der Waals surface area (Å²) in [6.07, 6.45) is 9.74. The van der Waals surface area contributed by atoms with Crippen molar-refractivity contribution in [2.45, 2.75) is 62.7 Å². The van der Waals surface area contributed by atoms with E-state index in [1.807, 2.05) is 0 Å². The van der Waals surface area contributed by atoms with Gasteiger partial charge in [0.05, 0.1) is 0 Å². The summed E-state index contributed by atoms with van der Waals surface area (Å²) >= 11 is 0. The van der Waals surface area contributed by atoms with Crippen molar-refractivity contribution in [2.24, 2.45) is 0 Å². The molecule has 2 fully saturated rings. The number of rotatable bonds is 1. The monoisotopic (exact) mass is 330 g/mol. The summed E-state index contributed by atoms with van der Waals surface area (Å²) in [6.45, 7) is 0. The first-order chi connectivity index (χ1) is 11.4. The Morgan fingerprint density at radius 3 is 1.54 bits per heavy atom. The van der Waals surface area contributed by atoms with Gasteiger partial charge in [-0.3, -0.25) is 9.59 Å². The van der Waals surface area contributed by atoms with Crippen molar-refractivity contribution in [1.82, 2.24) is 0 Å². The van der Waals surface area contributed by atoms with E-state index in [4.69, 9.17) is 0 Å². The standard InChI is InChI=1S/C20H20F2O2/c21-19-9-3-1-5-13(19)17(15(23)7-11-19)18-14-6-2-4-10-20(14,22)12-8-16(18)24/h7-8,11-12H,1-6,9-10H2. The van der Waals surface area contributed by atoms with Gasteiger partial charge < -0.3 is 0 Å². The smallest absolute Gasteiger partial charge is 0.186 e. The van der Waals surface area contributed by atoms with Crippen LogP contribution in [0.2, 0.25) is 0 Å². The maximum Gasteiger partial charge on any atom is 0.186 e. The molecule has 2 saturated carbocycles. The molecule has 2 atom stereocenters. The highest BCUT2D eigenvalue weighted by molar-refractivity contribution is 6.21. The third kappa shape index (κ3) is 2.19. The summed E-state index contributed by atoms with van der Waals surface area (Å²) in [5.41, 5.74) is -2.25. The fourth-order valence-corrected chi connectivity index (χ4v) is 4.55. The zero-order valence-electron chi connectivity index (χ0n) is 13.5. The van der Waals surface area contributed by atoms with E-state index in [2.05, 4.69) is 0 Å². The van der Waals surface area contributed by atoms with E-state index in [0.29, 0.717) is 36.8 Å². The molecule has 0 aromatic heterocycles. The Morgan fingerprint density at radius 1 is 0.708 bits per heavy atom. The third-order valence-electron chi connectivity index (χ3n) is 5.78. The quantitative estimate of drug-likeness (QED) is 0.713. The summed E-state index contributed by atoms with van der Waals surface area (Å²) in [4.78, 5) is 25.1. The molecule has 4 heteroatoms. The van der Waals surface area contributed by atoms with Gasteiger partial charge in [-0.15, -0.1) is 0 Å². The zero-order valence-corrected chi connectivity index (χ0v) is 13.5. The Labute approximate surface area is 140 Å². The number of ketones is 2. The number of hydrogen-bond acceptors (Lipinski definition) is 2. The minimum Gasteiger partial charge on any atom is -0.289 e. The first-order valence-corrected chi connectivity index (χ1v) is 8.77. The molecule has 4 rings (SSSR count). The van der Waals surface area contributed by atoms with E-state index in [1.54, 1.807) is 0 Å². The summed E-state index contributed by atoms with van der Waals surface area (Å²) < 4.78 is 30.6. The Kier molecular flexibility index (Phi) is 3.48. The van der Waals surface area contributed by atoms with Gasteiger partial charge in [-0.25, -0.2) is 8.78 Å². The lowest BCUT2D eigenvalue weighted by atomic mass is 9.68. The number of alkyl halides is 2. The van der Waals surface area contributed by atoms with Gasteiger partial charge in [0.2, 0.25) is 0 Å². The highest BCUT2D eigenvalue weighted by Gasteiger charge is 2.46. The average molecular weight is 330 g/mol. The first-order valence-electron chi connectivity index (χ1n) is 8.77. The molecular weight excluding hydrogens is 310 g/mol. The van der Waals surface area contributed by atoms with Crippen LogP contribution in [0.15, 0.2) is 46.6 Å². The molecule has 0 aromatic carbocycles. The lowest BCUT2D eigenvalue weighted by Gasteiger charge is -2.38. The summed E-state index contributed by atoms with van der Waals surface area (Å²) in [5.74, 6) is -0.724. The molecule has 2 nitrogen and oxygen atoms in total. The molecule has 0 N–H and O–H groups in total. The lowest BCUT2D eigenvalue weighted by Crippen LogP contribution is -2.37. The van der Waals surface area contributed by atoms with Crippen LogP contribution in [0.1, 0.15) is 51.4 Å². The summed E-state index contributed by atoms with van der Waals surface area (Å²) in [6, 6.07) is 0. The number of carbonyl (C=O) groups is 2. The molecule has 0 heterocycles. The molecule has 0 spiro atoms. The van der Waals surface area contributed by atoms with Crippen molar-refractivity contribution in [2.75, 3.05) is 0 Å². The van der Waals surface area contributed by atoms with E-state index in [-0.39, 0.29) is 22.7 Å². The Hall–Kier alpha value is -1.84. The van der Waals surface area contributed by atoms with Crippen molar-refractivity contribution in [3.05, 3.63) is 46.6 Å². The maximum atomic E-state index is 15.3. The minimum absolute atomic E-state index is 0.146. The third-order valence-corrected chi connectivity index (χ3v) is 5.78. The van der Waals surface area contributed by atoms with Gasteiger partial charge in [0, 0.05) is 11.1 Å². The Morgan fingerprint density at radius 2 is 1.12 bits per heavy atom. The predicted molar refractivity (Wildman–Crippen MR) is 87.0 cm³/mol. The normalized spacial score (nSPS) is 36.1. The van der Waals surface area contributed by atoms with Crippen LogP contribution in [-0.2, 0) is 9.59 Å². The van der Waals surface area contributed by atoms with Crippen LogP contribution in [0, 0.1) is 0 Å². The van der Waals surface area contributed by atoms with Gasteiger partial charge in [0.25, 0.3) is 0 Å².